The van der Waals surface area contributed by atoms with E-state index in [1.165, 1.54) is 7.11 Å². The molecule has 0 spiro atoms. The number of hydrogen-bond donors (Lipinski definition) is 0. The molecular formula is C10H13FO2. The maximum atomic E-state index is 13.0. The summed E-state index contributed by atoms with van der Waals surface area (Å²) >= 11 is 0. The number of ether oxygens (including phenoxy) is 1. The van der Waals surface area contributed by atoms with E-state index in [0.717, 1.165) is 0 Å². The van der Waals surface area contributed by atoms with Gasteiger partial charge in [-0.25, -0.2) is 4.39 Å². The first kappa shape index (κ1) is 10.0. The van der Waals surface area contributed by atoms with Crippen LogP contribution in [0.25, 0.3) is 0 Å². The zero-order valence-electron chi connectivity index (χ0n) is 7.63. The van der Waals surface area contributed by atoms with Gasteiger partial charge in [0.1, 0.15) is 6.17 Å². The molecule has 0 aliphatic heterocycles. The molecule has 0 aromatic carbocycles. The van der Waals surface area contributed by atoms with Gasteiger partial charge >= 0.3 is 5.97 Å². The smallest absolute Gasteiger partial charge is 0.310 e. The number of alkyl halides is 1. The Morgan fingerprint density at radius 3 is 2.85 bits per heavy atom. The Labute approximate surface area is 77.5 Å². The summed E-state index contributed by atoms with van der Waals surface area (Å²) < 4.78 is 17.5. The van der Waals surface area contributed by atoms with Crippen molar-refractivity contribution < 1.29 is 13.9 Å². The Bertz CT molecular complexity index is 232. The van der Waals surface area contributed by atoms with Crippen molar-refractivity contribution in [1.82, 2.24) is 0 Å². The number of carbonyl (C=O) groups is 1. The lowest BCUT2D eigenvalue weighted by Crippen LogP contribution is -2.31. The molecule has 0 amide bonds. The third-order valence-electron chi connectivity index (χ3n) is 2.50. The van der Waals surface area contributed by atoms with Crippen LogP contribution in [0.2, 0.25) is 0 Å². The Balaban J connectivity index is 2.66. The van der Waals surface area contributed by atoms with Gasteiger partial charge in [0.25, 0.3) is 0 Å². The van der Waals surface area contributed by atoms with Crippen LogP contribution in [0.15, 0.2) is 0 Å². The number of rotatable bonds is 1. The van der Waals surface area contributed by atoms with E-state index < -0.39 is 12.1 Å². The molecule has 2 nitrogen and oxygen atoms in total. The molecule has 1 rings (SSSR count). The minimum absolute atomic E-state index is 0.153. The lowest BCUT2D eigenvalue weighted by Gasteiger charge is -2.27. The van der Waals surface area contributed by atoms with Crippen LogP contribution >= 0.6 is 0 Å². The summed E-state index contributed by atoms with van der Waals surface area (Å²) in [6, 6.07) is 0. The maximum Gasteiger partial charge on any atom is 0.310 e. The van der Waals surface area contributed by atoms with Crippen molar-refractivity contribution >= 4 is 5.97 Å². The Morgan fingerprint density at radius 1 is 1.62 bits per heavy atom. The number of methoxy groups -OCH3 is 1. The predicted molar refractivity (Wildman–Crippen MR) is 46.6 cm³/mol. The molecular weight excluding hydrogens is 171 g/mol. The van der Waals surface area contributed by atoms with Gasteiger partial charge in [-0.2, -0.15) is 0 Å². The van der Waals surface area contributed by atoms with Gasteiger partial charge in [-0.05, 0) is 19.3 Å². The van der Waals surface area contributed by atoms with Crippen LogP contribution < -0.4 is 0 Å². The zero-order chi connectivity index (χ0) is 9.84. The van der Waals surface area contributed by atoms with E-state index in [1.54, 1.807) is 0 Å². The van der Waals surface area contributed by atoms with E-state index in [0.29, 0.717) is 12.8 Å². The molecule has 1 saturated carbocycles. The van der Waals surface area contributed by atoms with Crippen molar-refractivity contribution in [1.29, 1.82) is 0 Å². The van der Waals surface area contributed by atoms with Crippen molar-refractivity contribution in [2.24, 2.45) is 11.8 Å². The number of esters is 1. The number of carbonyl (C=O) groups excluding carboxylic acids is 1. The van der Waals surface area contributed by atoms with Crippen molar-refractivity contribution in [3.8, 4) is 12.3 Å². The first-order valence-electron chi connectivity index (χ1n) is 4.37. The normalized spacial score (nSPS) is 33.5. The van der Waals surface area contributed by atoms with E-state index in [4.69, 9.17) is 6.42 Å². The maximum absolute atomic E-state index is 13.0. The molecule has 1 aliphatic carbocycles. The molecule has 0 heterocycles. The molecule has 0 aromatic rings. The highest BCUT2D eigenvalue weighted by atomic mass is 19.1. The minimum Gasteiger partial charge on any atom is -0.469 e. The molecule has 0 saturated heterocycles. The van der Waals surface area contributed by atoms with Crippen molar-refractivity contribution in [3.05, 3.63) is 0 Å². The van der Waals surface area contributed by atoms with Crippen molar-refractivity contribution in [2.75, 3.05) is 7.11 Å². The monoisotopic (exact) mass is 184 g/mol. The van der Waals surface area contributed by atoms with Gasteiger partial charge in [0, 0.05) is 5.92 Å². The SMILES string of the molecule is C#CC1CCC(F)CC1C(=O)OC. The quantitative estimate of drug-likeness (QED) is 0.456. The Morgan fingerprint density at radius 2 is 2.31 bits per heavy atom. The second-order valence-electron chi connectivity index (χ2n) is 3.31. The second-order valence-corrected chi connectivity index (χ2v) is 3.31. The molecule has 13 heavy (non-hydrogen) atoms. The van der Waals surface area contributed by atoms with Crippen LogP contribution in [0, 0.1) is 24.2 Å². The molecule has 3 atom stereocenters. The van der Waals surface area contributed by atoms with Gasteiger partial charge in [-0.3, -0.25) is 4.79 Å². The van der Waals surface area contributed by atoms with Crippen LogP contribution in [0.1, 0.15) is 19.3 Å². The largest absolute Gasteiger partial charge is 0.469 e. The minimum atomic E-state index is -0.909. The molecule has 3 unspecified atom stereocenters. The highest BCUT2D eigenvalue weighted by molar-refractivity contribution is 5.73. The van der Waals surface area contributed by atoms with Crippen LogP contribution in [-0.2, 0) is 9.53 Å². The fraction of sp³-hybridized carbons (Fsp3) is 0.700. The molecule has 1 aliphatic rings. The number of halogens is 1. The third-order valence-corrected chi connectivity index (χ3v) is 2.50. The molecule has 0 radical (unpaired) electrons. The van der Waals surface area contributed by atoms with Gasteiger partial charge in [0.05, 0.1) is 13.0 Å². The average molecular weight is 184 g/mol. The van der Waals surface area contributed by atoms with Gasteiger partial charge in [0.2, 0.25) is 0 Å². The first-order chi connectivity index (χ1) is 6.19. The van der Waals surface area contributed by atoms with E-state index in [2.05, 4.69) is 10.7 Å². The van der Waals surface area contributed by atoms with E-state index in [9.17, 15) is 9.18 Å². The molecule has 0 aromatic heterocycles. The van der Waals surface area contributed by atoms with Crippen LogP contribution in [-0.4, -0.2) is 19.3 Å². The van der Waals surface area contributed by atoms with Crippen LogP contribution in [0.4, 0.5) is 4.39 Å². The fourth-order valence-corrected chi connectivity index (χ4v) is 1.73. The van der Waals surface area contributed by atoms with Crippen LogP contribution in [0.5, 0.6) is 0 Å². The molecule has 0 bridgehead atoms. The lowest BCUT2D eigenvalue weighted by molar-refractivity contribution is -0.148. The van der Waals surface area contributed by atoms with Crippen molar-refractivity contribution in [3.63, 3.8) is 0 Å². The predicted octanol–water partition coefficient (Wildman–Crippen LogP) is 1.55. The Kier molecular flexibility index (Phi) is 3.30. The van der Waals surface area contributed by atoms with E-state index in [1.807, 2.05) is 0 Å². The van der Waals surface area contributed by atoms with Crippen molar-refractivity contribution in [2.45, 2.75) is 25.4 Å². The summed E-state index contributed by atoms with van der Waals surface area (Å²) in [5.74, 6) is 1.54. The topological polar surface area (TPSA) is 26.3 Å². The zero-order valence-corrected chi connectivity index (χ0v) is 7.63. The first-order valence-corrected chi connectivity index (χ1v) is 4.37. The summed E-state index contributed by atoms with van der Waals surface area (Å²) in [6.45, 7) is 0. The fourth-order valence-electron chi connectivity index (χ4n) is 1.73. The number of terminal acetylenes is 1. The van der Waals surface area contributed by atoms with Gasteiger partial charge < -0.3 is 4.74 Å². The van der Waals surface area contributed by atoms with Gasteiger partial charge in [0.15, 0.2) is 0 Å². The van der Waals surface area contributed by atoms with Crippen LogP contribution in [0.3, 0.4) is 0 Å². The summed E-state index contributed by atoms with van der Waals surface area (Å²) in [5, 5.41) is 0. The highest BCUT2D eigenvalue weighted by Gasteiger charge is 2.34. The average Bonchev–Trinajstić information content (AvgIpc) is 2.16. The third kappa shape index (κ3) is 2.21. The number of hydrogen-bond acceptors (Lipinski definition) is 2. The second kappa shape index (κ2) is 4.27. The van der Waals surface area contributed by atoms with E-state index >= 15 is 0 Å². The molecule has 3 heteroatoms. The standard InChI is InChI=1S/C10H13FO2/c1-3-7-4-5-8(11)6-9(7)10(12)13-2/h1,7-9H,4-6H2,2H3. The summed E-state index contributed by atoms with van der Waals surface area (Å²) in [4.78, 5) is 11.2. The summed E-state index contributed by atoms with van der Waals surface area (Å²) in [5.41, 5.74) is 0. The molecule has 1 fully saturated rings. The summed E-state index contributed by atoms with van der Waals surface area (Å²) in [6.07, 6.45) is 5.59. The van der Waals surface area contributed by atoms with Gasteiger partial charge in [-0.1, -0.05) is 0 Å². The Hall–Kier alpha value is -1.04. The molecule has 0 N–H and O–H groups in total. The highest BCUT2D eigenvalue weighted by Crippen LogP contribution is 2.32. The summed E-state index contributed by atoms with van der Waals surface area (Å²) in [7, 11) is 1.30. The van der Waals surface area contributed by atoms with Gasteiger partial charge in [-0.15, -0.1) is 12.3 Å². The lowest BCUT2D eigenvalue weighted by atomic mass is 9.79. The van der Waals surface area contributed by atoms with E-state index in [-0.39, 0.29) is 18.3 Å². The molecule has 72 valence electrons.